The largest absolute Gasteiger partial charge is 0.496 e. The maximum atomic E-state index is 12.6. The van der Waals surface area contributed by atoms with Gasteiger partial charge in [-0.15, -0.1) is 0 Å². The fourth-order valence-electron chi connectivity index (χ4n) is 1.88. The molecule has 0 bridgehead atoms. The van der Waals surface area contributed by atoms with E-state index in [0.29, 0.717) is 5.75 Å². The first-order valence-corrected chi connectivity index (χ1v) is 7.92. The summed E-state index contributed by atoms with van der Waals surface area (Å²) in [6.45, 7) is 2.42. The van der Waals surface area contributed by atoms with Crippen molar-refractivity contribution in [1.29, 1.82) is 5.26 Å². The molecule has 0 unspecified atom stereocenters. The highest BCUT2D eigenvalue weighted by Crippen LogP contribution is 2.23. The van der Waals surface area contributed by atoms with Gasteiger partial charge in [0.15, 0.2) is 0 Å². The zero-order valence-electron chi connectivity index (χ0n) is 12.5. The number of aryl methyl sites for hydroxylation is 1. The van der Waals surface area contributed by atoms with Gasteiger partial charge in [-0.05, 0) is 30.7 Å². The van der Waals surface area contributed by atoms with E-state index in [4.69, 9.17) is 14.7 Å². The maximum absolute atomic E-state index is 12.6. The van der Waals surface area contributed by atoms with Gasteiger partial charge in [-0.1, -0.05) is 0 Å². The van der Waals surface area contributed by atoms with Crippen LogP contribution in [0.5, 0.6) is 5.75 Å². The molecule has 0 spiro atoms. The molecule has 0 N–H and O–H groups in total. The summed E-state index contributed by atoms with van der Waals surface area (Å²) < 4.78 is 36.6. The molecule has 0 radical (unpaired) electrons. The highest BCUT2D eigenvalue weighted by atomic mass is 32.2. The number of hydrogen-bond acceptors (Lipinski definition) is 5. The van der Waals surface area contributed by atoms with Gasteiger partial charge in [0.1, 0.15) is 5.75 Å². The summed E-state index contributed by atoms with van der Waals surface area (Å²) in [6, 6.07) is 6.66. The van der Waals surface area contributed by atoms with E-state index < -0.39 is 10.0 Å². The van der Waals surface area contributed by atoms with Gasteiger partial charge in [0.05, 0.1) is 24.7 Å². The molecule has 0 aliphatic rings. The summed E-state index contributed by atoms with van der Waals surface area (Å²) in [5.41, 5.74) is 0.741. The zero-order chi connectivity index (χ0) is 15.9. The lowest BCUT2D eigenvalue weighted by Gasteiger charge is -2.21. The van der Waals surface area contributed by atoms with Crippen LogP contribution in [-0.2, 0) is 14.8 Å². The number of nitriles is 1. The van der Waals surface area contributed by atoms with Crippen molar-refractivity contribution in [3.05, 3.63) is 23.8 Å². The standard InChI is InChI=1S/C14H20N2O4S/c1-12-11-13(5-6-14(12)20-3)21(17,18)16(8-4-7-15)9-10-19-2/h5-6,11H,4,8-10H2,1-3H3. The van der Waals surface area contributed by atoms with Crippen molar-refractivity contribution in [3.63, 3.8) is 0 Å². The summed E-state index contributed by atoms with van der Waals surface area (Å²) >= 11 is 0. The minimum Gasteiger partial charge on any atom is -0.496 e. The van der Waals surface area contributed by atoms with Crippen LogP contribution in [0.25, 0.3) is 0 Å². The topological polar surface area (TPSA) is 79.6 Å². The summed E-state index contributed by atoms with van der Waals surface area (Å²) in [4.78, 5) is 0.190. The van der Waals surface area contributed by atoms with Crippen molar-refractivity contribution in [1.82, 2.24) is 4.31 Å². The Kier molecular flexibility index (Phi) is 6.62. The van der Waals surface area contributed by atoms with Gasteiger partial charge in [-0.25, -0.2) is 8.42 Å². The molecule has 0 fully saturated rings. The van der Waals surface area contributed by atoms with Crippen LogP contribution in [0, 0.1) is 18.3 Å². The van der Waals surface area contributed by atoms with E-state index >= 15 is 0 Å². The first kappa shape index (κ1) is 17.4. The molecule has 21 heavy (non-hydrogen) atoms. The molecule has 6 nitrogen and oxygen atoms in total. The molecule has 116 valence electrons. The zero-order valence-corrected chi connectivity index (χ0v) is 13.3. The lowest BCUT2D eigenvalue weighted by Crippen LogP contribution is -2.34. The Balaban J connectivity index is 3.09. The SMILES string of the molecule is COCCN(CCC#N)S(=O)(=O)c1ccc(OC)c(C)c1. The van der Waals surface area contributed by atoms with E-state index in [1.54, 1.807) is 19.1 Å². The van der Waals surface area contributed by atoms with Gasteiger partial charge in [0.25, 0.3) is 0 Å². The molecule has 1 aromatic carbocycles. The van der Waals surface area contributed by atoms with Gasteiger partial charge < -0.3 is 9.47 Å². The van der Waals surface area contributed by atoms with Crippen LogP contribution in [0.15, 0.2) is 23.1 Å². The third kappa shape index (κ3) is 4.43. The number of sulfonamides is 1. The Labute approximate surface area is 125 Å². The van der Waals surface area contributed by atoms with Crippen LogP contribution in [0.4, 0.5) is 0 Å². The quantitative estimate of drug-likeness (QED) is 0.727. The Morgan fingerprint density at radius 3 is 2.52 bits per heavy atom. The molecule has 0 saturated heterocycles. The van der Waals surface area contributed by atoms with Crippen molar-refractivity contribution >= 4 is 10.0 Å². The summed E-state index contributed by atoms with van der Waals surface area (Å²) in [5.74, 6) is 0.634. The second-order valence-corrected chi connectivity index (χ2v) is 6.37. The first-order valence-electron chi connectivity index (χ1n) is 6.48. The molecule has 0 aliphatic heterocycles. The average Bonchev–Trinajstić information content (AvgIpc) is 2.47. The number of methoxy groups -OCH3 is 2. The summed E-state index contributed by atoms with van der Waals surface area (Å²) in [6.07, 6.45) is 0.137. The molecular formula is C14H20N2O4S. The van der Waals surface area contributed by atoms with Crippen LogP contribution < -0.4 is 4.74 Å². The van der Waals surface area contributed by atoms with E-state index in [9.17, 15) is 8.42 Å². The predicted molar refractivity (Wildman–Crippen MR) is 78.6 cm³/mol. The van der Waals surface area contributed by atoms with E-state index in [2.05, 4.69) is 0 Å². The molecule has 7 heteroatoms. The second-order valence-electron chi connectivity index (χ2n) is 4.44. The number of ether oxygens (including phenoxy) is 2. The van der Waals surface area contributed by atoms with Crippen LogP contribution in [-0.4, -0.2) is 46.6 Å². The Bertz CT molecular complexity index is 608. The number of benzene rings is 1. The molecule has 0 saturated carbocycles. The normalized spacial score (nSPS) is 11.4. The lowest BCUT2D eigenvalue weighted by molar-refractivity contribution is 0.179. The minimum absolute atomic E-state index is 0.137. The molecule has 0 aliphatic carbocycles. The minimum atomic E-state index is -3.65. The molecule has 0 amide bonds. The highest BCUT2D eigenvalue weighted by Gasteiger charge is 2.24. The summed E-state index contributed by atoms with van der Waals surface area (Å²) in [5, 5.41) is 8.67. The van der Waals surface area contributed by atoms with Gasteiger partial charge in [-0.2, -0.15) is 9.57 Å². The molecular weight excluding hydrogens is 292 g/mol. The van der Waals surface area contributed by atoms with E-state index in [-0.39, 0.29) is 31.0 Å². The van der Waals surface area contributed by atoms with Gasteiger partial charge in [0.2, 0.25) is 10.0 Å². The second kappa shape index (κ2) is 7.98. The van der Waals surface area contributed by atoms with E-state index in [1.807, 2.05) is 6.07 Å². The van der Waals surface area contributed by atoms with Crippen LogP contribution in [0.1, 0.15) is 12.0 Å². The van der Waals surface area contributed by atoms with Crippen molar-refractivity contribution in [3.8, 4) is 11.8 Å². The molecule has 0 heterocycles. The monoisotopic (exact) mass is 312 g/mol. The molecule has 1 rings (SSSR count). The van der Waals surface area contributed by atoms with E-state index in [0.717, 1.165) is 5.56 Å². The fraction of sp³-hybridized carbons (Fsp3) is 0.500. The maximum Gasteiger partial charge on any atom is 0.243 e. The Morgan fingerprint density at radius 2 is 2.00 bits per heavy atom. The first-order chi connectivity index (χ1) is 9.97. The van der Waals surface area contributed by atoms with Gasteiger partial charge >= 0.3 is 0 Å². The Hall–Kier alpha value is -1.62. The third-order valence-electron chi connectivity index (χ3n) is 3.02. The highest BCUT2D eigenvalue weighted by molar-refractivity contribution is 7.89. The fourth-order valence-corrected chi connectivity index (χ4v) is 3.39. The van der Waals surface area contributed by atoms with E-state index in [1.165, 1.54) is 24.6 Å². The predicted octanol–water partition coefficient (Wildman–Crippen LogP) is 1.55. The van der Waals surface area contributed by atoms with Crippen LogP contribution in [0.3, 0.4) is 0 Å². The number of hydrogen-bond donors (Lipinski definition) is 0. The van der Waals surface area contributed by atoms with Crippen LogP contribution >= 0.6 is 0 Å². The van der Waals surface area contributed by atoms with Gasteiger partial charge in [-0.3, -0.25) is 0 Å². The number of nitrogens with zero attached hydrogens (tertiary/aromatic N) is 2. The number of rotatable bonds is 8. The lowest BCUT2D eigenvalue weighted by atomic mass is 10.2. The third-order valence-corrected chi connectivity index (χ3v) is 4.92. The van der Waals surface area contributed by atoms with Crippen LogP contribution in [0.2, 0.25) is 0 Å². The molecule has 0 aromatic heterocycles. The average molecular weight is 312 g/mol. The van der Waals surface area contributed by atoms with Gasteiger partial charge in [0, 0.05) is 26.6 Å². The summed E-state index contributed by atoms with van der Waals surface area (Å²) in [7, 11) is -0.604. The van der Waals surface area contributed by atoms with Crippen molar-refractivity contribution in [2.45, 2.75) is 18.2 Å². The smallest absolute Gasteiger partial charge is 0.243 e. The van der Waals surface area contributed by atoms with Crippen molar-refractivity contribution < 1.29 is 17.9 Å². The van der Waals surface area contributed by atoms with Crippen molar-refractivity contribution in [2.24, 2.45) is 0 Å². The molecule has 0 atom stereocenters. The van der Waals surface area contributed by atoms with Crippen molar-refractivity contribution in [2.75, 3.05) is 33.9 Å². The molecule has 1 aromatic rings. The Morgan fingerprint density at radius 1 is 1.29 bits per heavy atom.